The number of thiocarbonyl (C=S) groups is 1. The number of nitriles is 1. The van der Waals surface area contributed by atoms with Crippen LogP contribution in [0.3, 0.4) is 0 Å². The molecule has 0 atom stereocenters. The Balaban J connectivity index is 2.13. The van der Waals surface area contributed by atoms with E-state index in [4.69, 9.17) is 17.0 Å². The van der Waals surface area contributed by atoms with E-state index in [0.29, 0.717) is 21.9 Å². The number of aryl methyl sites for hydroxylation is 1. The maximum Gasteiger partial charge on any atom is 0.261 e. The van der Waals surface area contributed by atoms with Crippen LogP contribution in [0.4, 0.5) is 5.00 Å². The van der Waals surface area contributed by atoms with Crippen molar-refractivity contribution in [3.8, 4) is 11.8 Å². The summed E-state index contributed by atoms with van der Waals surface area (Å²) in [7, 11) is 1.50. The molecule has 0 saturated carbocycles. The van der Waals surface area contributed by atoms with E-state index in [1.807, 2.05) is 13.8 Å². The number of ether oxygens (including phenoxy) is 1. The van der Waals surface area contributed by atoms with Crippen LogP contribution in [0.15, 0.2) is 24.3 Å². The van der Waals surface area contributed by atoms with Crippen molar-refractivity contribution >= 4 is 39.6 Å². The zero-order valence-corrected chi connectivity index (χ0v) is 14.5. The lowest BCUT2D eigenvalue weighted by Crippen LogP contribution is -2.34. The summed E-state index contributed by atoms with van der Waals surface area (Å²) in [5.74, 6) is 0.0942. The largest absolute Gasteiger partial charge is 0.496 e. The summed E-state index contributed by atoms with van der Waals surface area (Å²) < 4.78 is 5.16. The third-order valence-electron chi connectivity index (χ3n) is 3.30. The van der Waals surface area contributed by atoms with Crippen molar-refractivity contribution in [1.29, 1.82) is 5.26 Å². The normalized spacial score (nSPS) is 9.83. The van der Waals surface area contributed by atoms with Crippen LogP contribution in [0.2, 0.25) is 0 Å². The van der Waals surface area contributed by atoms with Gasteiger partial charge in [-0.05, 0) is 43.8 Å². The van der Waals surface area contributed by atoms with Gasteiger partial charge in [0.2, 0.25) is 0 Å². The minimum Gasteiger partial charge on any atom is -0.496 e. The zero-order chi connectivity index (χ0) is 17.0. The molecule has 0 spiro atoms. The number of amides is 1. The minimum absolute atomic E-state index is 0.138. The highest BCUT2D eigenvalue weighted by molar-refractivity contribution is 7.80. The Morgan fingerprint density at radius 3 is 2.70 bits per heavy atom. The predicted molar refractivity (Wildman–Crippen MR) is 95.2 cm³/mol. The molecule has 0 aliphatic rings. The van der Waals surface area contributed by atoms with Crippen LogP contribution >= 0.6 is 23.6 Å². The number of para-hydroxylation sites is 1. The summed E-state index contributed by atoms with van der Waals surface area (Å²) in [4.78, 5) is 13.3. The molecule has 0 aliphatic heterocycles. The van der Waals surface area contributed by atoms with Crippen LogP contribution in [0.25, 0.3) is 0 Å². The summed E-state index contributed by atoms with van der Waals surface area (Å²) in [6, 6.07) is 9.02. The molecule has 0 fully saturated rings. The van der Waals surface area contributed by atoms with E-state index in [-0.39, 0.29) is 11.0 Å². The molecule has 118 valence electrons. The van der Waals surface area contributed by atoms with Crippen LogP contribution in [0, 0.1) is 25.2 Å². The highest BCUT2D eigenvalue weighted by Crippen LogP contribution is 2.31. The predicted octanol–water partition coefficient (Wildman–Crippen LogP) is 3.37. The standard InChI is InChI=1S/C16H15N3O2S2/c1-9-10(2)23-15(12(9)8-17)19-16(22)18-14(20)11-6-4-5-7-13(11)21-3/h4-7H,1-3H3,(H2,18,19,20,22). The summed E-state index contributed by atoms with van der Waals surface area (Å²) in [6.45, 7) is 3.81. The average molecular weight is 345 g/mol. The summed E-state index contributed by atoms with van der Waals surface area (Å²) in [6.07, 6.45) is 0. The molecule has 0 unspecified atom stereocenters. The number of nitrogens with one attached hydrogen (secondary N) is 2. The lowest BCUT2D eigenvalue weighted by molar-refractivity contribution is 0.0975. The quantitative estimate of drug-likeness (QED) is 0.834. The van der Waals surface area contributed by atoms with Gasteiger partial charge in [0, 0.05) is 4.88 Å². The van der Waals surface area contributed by atoms with E-state index in [1.165, 1.54) is 18.4 Å². The molecule has 0 bridgehead atoms. The summed E-state index contributed by atoms with van der Waals surface area (Å²) >= 11 is 6.59. The first kappa shape index (κ1) is 16.9. The molecule has 0 radical (unpaired) electrons. The van der Waals surface area contributed by atoms with Crippen molar-refractivity contribution in [3.05, 3.63) is 45.8 Å². The van der Waals surface area contributed by atoms with Crippen LogP contribution in [0.5, 0.6) is 5.75 Å². The van der Waals surface area contributed by atoms with E-state index in [0.717, 1.165) is 10.4 Å². The first-order chi connectivity index (χ1) is 11.0. The number of nitrogens with zero attached hydrogens (tertiary/aromatic N) is 1. The molecule has 1 aromatic carbocycles. The fraction of sp³-hybridized carbons (Fsp3) is 0.188. The summed E-state index contributed by atoms with van der Waals surface area (Å²) in [5.41, 5.74) is 1.85. The van der Waals surface area contributed by atoms with Gasteiger partial charge in [-0.15, -0.1) is 11.3 Å². The molecule has 23 heavy (non-hydrogen) atoms. The number of hydrogen-bond acceptors (Lipinski definition) is 5. The smallest absolute Gasteiger partial charge is 0.261 e. The molecule has 1 heterocycles. The Hall–Kier alpha value is -2.43. The monoisotopic (exact) mass is 345 g/mol. The Morgan fingerprint density at radius 1 is 1.35 bits per heavy atom. The molecule has 1 amide bonds. The first-order valence-corrected chi connectivity index (χ1v) is 7.95. The van der Waals surface area contributed by atoms with Gasteiger partial charge < -0.3 is 10.1 Å². The lowest BCUT2D eigenvalue weighted by atomic mass is 10.2. The van der Waals surface area contributed by atoms with Crippen LogP contribution in [0.1, 0.15) is 26.4 Å². The number of rotatable bonds is 3. The molecule has 7 heteroatoms. The molecule has 2 aromatic rings. The Morgan fingerprint density at radius 2 is 2.04 bits per heavy atom. The van der Waals surface area contributed by atoms with E-state index in [1.54, 1.807) is 24.3 Å². The molecule has 0 aliphatic carbocycles. The van der Waals surface area contributed by atoms with Crippen molar-refractivity contribution in [2.45, 2.75) is 13.8 Å². The van der Waals surface area contributed by atoms with Gasteiger partial charge in [-0.2, -0.15) is 5.26 Å². The van der Waals surface area contributed by atoms with Gasteiger partial charge in [0.25, 0.3) is 5.91 Å². The van der Waals surface area contributed by atoms with Crippen molar-refractivity contribution < 1.29 is 9.53 Å². The minimum atomic E-state index is -0.372. The molecule has 1 aromatic heterocycles. The Labute approximate surface area is 143 Å². The number of carbonyl (C=O) groups excluding carboxylic acids is 1. The third-order valence-corrected chi connectivity index (χ3v) is 4.63. The SMILES string of the molecule is COc1ccccc1C(=O)NC(=S)Nc1sc(C)c(C)c1C#N. The van der Waals surface area contributed by atoms with Crippen LogP contribution in [-0.4, -0.2) is 18.1 Å². The Kier molecular flexibility index (Phi) is 5.32. The van der Waals surface area contributed by atoms with Crippen molar-refractivity contribution in [3.63, 3.8) is 0 Å². The maximum absolute atomic E-state index is 12.3. The Bertz CT molecular complexity index is 806. The number of benzene rings is 1. The van der Waals surface area contributed by atoms with Crippen LogP contribution in [-0.2, 0) is 0 Å². The van der Waals surface area contributed by atoms with E-state index in [2.05, 4.69) is 16.7 Å². The third kappa shape index (κ3) is 3.67. The molecule has 2 rings (SSSR count). The van der Waals surface area contributed by atoms with Gasteiger partial charge in [0.05, 0.1) is 18.2 Å². The second-order valence-electron chi connectivity index (χ2n) is 4.71. The van der Waals surface area contributed by atoms with Crippen LogP contribution < -0.4 is 15.4 Å². The van der Waals surface area contributed by atoms with E-state index >= 15 is 0 Å². The number of methoxy groups -OCH3 is 1. The van der Waals surface area contributed by atoms with Gasteiger partial charge in [-0.25, -0.2) is 0 Å². The van der Waals surface area contributed by atoms with Crippen molar-refractivity contribution in [2.75, 3.05) is 12.4 Å². The number of anilines is 1. The van der Waals surface area contributed by atoms with Gasteiger partial charge in [-0.3, -0.25) is 10.1 Å². The fourth-order valence-corrected chi connectivity index (χ4v) is 3.26. The van der Waals surface area contributed by atoms with Crippen molar-refractivity contribution in [2.24, 2.45) is 0 Å². The molecule has 2 N–H and O–H groups in total. The van der Waals surface area contributed by atoms with Gasteiger partial charge in [-0.1, -0.05) is 12.1 Å². The zero-order valence-electron chi connectivity index (χ0n) is 12.9. The number of hydrogen-bond donors (Lipinski definition) is 2. The van der Waals surface area contributed by atoms with Gasteiger partial charge in [0.15, 0.2) is 5.11 Å². The summed E-state index contributed by atoms with van der Waals surface area (Å²) in [5, 5.41) is 15.5. The second-order valence-corrected chi connectivity index (χ2v) is 6.34. The van der Waals surface area contributed by atoms with E-state index < -0.39 is 0 Å². The topological polar surface area (TPSA) is 74.2 Å². The molecular formula is C16H15N3O2S2. The second kappa shape index (κ2) is 7.22. The van der Waals surface area contributed by atoms with Gasteiger partial charge >= 0.3 is 0 Å². The fourth-order valence-electron chi connectivity index (χ4n) is 1.99. The van der Waals surface area contributed by atoms with Crippen molar-refractivity contribution in [1.82, 2.24) is 5.32 Å². The molecule has 0 saturated heterocycles. The number of carbonyl (C=O) groups is 1. The number of thiophene rings is 1. The van der Waals surface area contributed by atoms with Gasteiger partial charge in [0.1, 0.15) is 16.8 Å². The lowest BCUT2D eigenvalue weighted by Gasteiger charge is -2.10. The average Bonchev–Trinajstić information content (AvgIpc) is 2.80. The highest BCUT2D eigenvalue weighted by Gasteiger charge is 2.16. The molecular weight excluding hydrogens is 330 g/mol. The highest BCUT2D eigenvalue weighted by atomic mass is 32.1. The first-order valence-electron chi connectivity index (χ1n) is 6.73. The maximum atomic E-state index is 12.3. The molecule has 5 nitrogen and oxygen atoms in total. The van der Waals surface area contributed by atoms with E-state index in [9.17, 15) is 10.1 Å².